The summed E-state index contributed by atoms with van der Waals surface area (Å²) in [6, 6.07) is 11.6. The minimum absolute atomic E-state index is 0. The Morgan fingerprint density at radius 3 is 2.48 bits per heavy atom. The highest BCUT2D eigenvalue weighted by molar-refractivity contribution is 14.0. The number of phenolic OH excluding ortho intramolecular Hbond substituents is 1. The van der Waals surface area contributed by atoms with Crippen LogP contribution < -0.4 is 10.6 Å². The van der Waals surface area contributed by atoms with Crippen LogP contribution >= 0.6 is 24.0 Å². The molecule has 0 aliphatic rings. The maximum absolute atomic E-state index is 12.9. The molecule has 0 aliphatic carbocycles. The predicted octanol–water partition coefficient (Wildman–Crippen LogP) is 4.85. The molecule has 0 aromatic heterocycles. The standard InChI is InChI=1S/C19H22F3N3O.HI/c1-3-23-18(24-12-14-6-4-9-17(26)10-14)25-13(2)15-7-5-8-16(11-15)19(20,21)22;/h4-11,13,26H,3,12H2,1-2H3,(H2,23,24,25);1H. The van der Waals surface area contributed by atoms with Gasteiger partial charge in [0.1, 0.15) is 5.75 Å². The number of rotatable bonds is 5. The first-order valence-corrected chi connectivity index (χ1v) is 8.29. The second kappa shape index (κ2) is 10.4. The molecule has 0 saturated carbocycles. The van der Waals surface area contributed by atoms with E-state index in [1.807, 2.05) is 13.0 Å². The summed E-state index contributed by atoms with van der Waals surface area (Å²) < 4.78 is 38.6. The summed E-state index contributed by atoms with van der Waals surface area (Å²) in [5.74, 6) is 0.647. The molecule has 2 rings (SSSR count). The second-order valence-corrected chi connectivity index (χ2v) is 5.85. The van der Waals surface area contributed by atoms with Gasteiger partial charge in [0, 0.05) is 6.54 Å². The summed E-state index contributed by atoms with van der Waals surface area (Å²) in [4.78, 5) is 4.42. The van der Waals surface area contributed by atoms with Gasteiger partial charge in [-0.3, -0.25) is 0 Å². The van der Waals surface area contributed by atoms with Crippen LogP contribution in [0.4, 0.5) is 13.2 Å². The Balaban J connectivity index is 0.00000364. The third kappa shape index (κ3) is 7.28. The van der Waals surface area contributed by atoms with Gasteiger partial charge in [-0.25, -0.2) is 4.99 Å². The van der Waals surface area contributed by atoms with Gasteiger partial charge in [0.15, 0.2) is 5.96 Å². The molecule has 1 unspecified atom stereocenters. The number of hydrogen-bond acceptors (Lipinski definition) is 2. The van der Waals surface area contributed by atoms with E-state index in [1.54, 1.807) is 31.2 Å². The topological polar surface area (TPSA) is 56.7 Å². The molecule has 1 atom stereocenters. The fourth-order valence-corrected chi connectivity index (χ4v) is 2.42. The van der Waals surface area contributed by atoms with Gasteiger partial charge in [-0.1, -0.05) is 24.3 Å². The van der Waals surface area contributed by atoms with Crippen molar-refractivity contribution in [2.75, 3.05) is 6.54 Å². The molecule has 0 bridgehead atoms. The zero-order valence-electron chi connectivity index (χ0n) is 15.0. The molecule has 4 nitrogen and oxygen atoms in total. The van der Waals surface area contributed by atoms with Crippen LogP contribution in [0.2, 0.25) is 0 Å². The molecule has 0 spiro atoms. The van der Waals surface area contributed by atoms with Gasteiger partial charge in [-0.2, -0.15) is 13.2 Å². The van der Waals surface area contributed by atoms with E-state index in [0.717, 1.165) is 17.7 Å². The molecule has 0 heterocycles. The Morgan fingerprint density at radius 1 is 1.15 bits per heavy atom. The lowest BCUT2D eigenvalue weighted by molar-refractivity contribution is -0.137. The van der Waals surface area contributed by atoms with Gasteiger partial charge in [-0.15, -0.1) is 24.0 Å². The van der Waals surface area contributed by atoms with E-state index in [2.05, 4.69) is 15.6 Å². The summed E-state index contributed by atoms with van der Waals surface area (Å²) in [7, 11) is 0. The number of halogens is 4. The van der Waals surface area contributed by atoms with Crippen LogP contribution in [0.5, 0.6) is 5.75 Å². The molecule has 148 valence electrons. The molecule has 2 aromatic rings. The van der Waals surface area contributed by atoms with Crippen molar-refractivity contribution in [1.29, 1.82) is 0 Å². The average Bonchev–Trinajstić information content (AvgIpc) is 2.59. The van der Waals surface area contributed by atoms with E-state index in [9.17, 15) is 18.3 Å². The van der Waals surface area contributed by atoms with E-state index in [1.165, 1.54) is 6.07 Å². The smallest absolute Gasteiger partial charge is 0.416 e. The van der Waals surface area contributed by atoms with Crippen molar-refractivity contribution in [3.8, 4) is 5.75 Å². The highest BCUT2D eigenvalue weighted by Crippen LogP contribution is 2.30. The maximum atomic E-state index is 12.9. The Hall–Kier alpha value is -1.97. The van der Waals surface area contributed by atoms with Gasteiger partial charge in [0.05, 0.1) is 18.2 Å². The van der Waals surface area contributed by atoms with Gasteiger partial charge in [0.2, 0.25) is 0 Å². The number of aliphatic imine (C=N–C) groups is 1. The molecule has 0 aliphatic heterocycles. The highest BCUT2D eigenvalue weighted by Gasteiger charge is 2.30. The summed E-state index contributed by atoms with van der Waals surface area (Å²) in [6.45, 7) is 4.62. The van der Waals surface area contributed by atoms with Crippen LogP contribution in [0.15, 0.2) is 53.5 Å². The van der Waals surface area contributed by atoms with Crippen LogP contribution in [-0.2, 0) is 12.7 Å². The number of alkyl halides is 3. The molecular formula is C19H23F3IN3O. The predicted molar refractivity (Wildman–Crippen MR) is 111 cm³/mol. The van der Waals surface area contributed by atoms with Gasteiger partial charge < -0.3 is 15.7 Å². The first kappa shape index (κ1) is 23.1. The average molecular weight is 493 g/mol. The number of guanidine groups is 1. The monoisotopic (exact) mass is 493 g/mol. The third-order valence-corrected chi connectivity index (χ3v) is 3.74. The molecule has 0 amide bonds. The zero-order valence-corrected chi connectivity index (χ0v) is 17.4. The number of benzene rings is 2. The highest BCUT2D eigenvalue weighted by atomic mass is 127. The van der Waals surface area contributed by atoms with Crippen molar-refractivity contribution >= 4 is 29.9 Å². The Kier molecular flexibility index (Phi) is 8.87. The zero-order chi connectivity index (χ0) is 19.2. The SMILES string of the molecule is CCNC(=NCc1cccc(O)c1)NC(C)c1cccc(C(F)(F)F)c1.I. The van der Waals surface area contributed by atoms with Crippen LogP contribution in [0.25, 0.3) is 0 Å². The van der Waals surface area contributed by atoms with Crippen molar-refractivity contribution in [1.82, 2.24) is 10.6 Å². The van der Waals surface area contributed by atoms with Crippen molar-refractivity contribution < 1.29 is 18.3 Å². The van der Waals surface area contributed by atoms with Crippen molar-refractivity contribution in [3.05, 3.63) is 65.2 Å². The van der Waals surface area contributed by atoms with Crippen molar-refractivity contribution in [2.24, 2.45) is 4.99 Å². The minimum atomic E-state index is -4.37. The Bertz CT molecular complexity index is 766. The summed E-state index contributed by atoms with van der Waals surface area (Å²) in [6.07, 6.45) is -4.37. The lowest BCUT2D eigenvalue weighted by Crippen LogP contribution is -2.38. The molecule has 0 fully saturated rings. The number of nitrogens with zero attached hydrogens (tertiary/aromatic N) is 1. The maximum Gasteiger partial charge on any atom is 0.416 e. The van der Waals surface area contributed by atoms with E-state index in [0.29, 0.717) is 24.6 Å². The minimum Gasteiger partial charge on any atom is -0.508 e. The molecule has 0 saturated heterocycles. The number of nitrogens with one attached hydrogen (secondary N) is 2. The molecule has 0 radical (unpaired) electrons. The number of phenols is 1. The van der Waals surface area contributed by atoms with Crippen LogP contribution in [0.1, 0.15) is 36.6 Å². The van der Waals surface area contributed by atoms with Crippen LogP contribution in [0, 0.1) is 0 Å². The molecule has 27 heavy (non-hydrogen) atoms. The van der Waals surface area contributed by atoms with Crippen molar-refractivity contribution in [3.63, 3.8) is 0 Å². The van der Waals surface area contributed by atoms with Gasteiger partial charge >= 0.3 is 6.18 Å². The first-order valence-electron chi connectivity index (χ1n) is 8.29. The molecule has 8 heteroatoms. The Morgan fingerprint density at radius 2 is 1.85 bits per heavy atom. The van der Waals surface area contributed by atoms with Gasteiger partial charge in [-0.05, 0) is 49.2 Å². The van der Waals surface area contributed by atoms with E-state index < -0.39 is 11.7 Å². The first-order chi connectivity index (χ1) is 12.3. The third-order valence-electron chi connectivity index (χ3n) is 3.74. The van der Waals surface area contributed by atoms with Gasteiger partial charge in [0.25, 0.3) is 0 Å². The van der Waals surface area contributed by atoms with E-state index in [4.69, 9.17) is 0 Å². The quantitative estimate of drug-likeness (QED) is 0.318. The number of aromatic hydroxyl groups is 1. The fourth-order valence-electron chi connectivity index (χ4n) is 2.42. The van der Waals surface area contributed by atoms with Crippen LogP contribution in [-0.4, -0.2) is 17.6 Å². The summed E-state index contributed by atoms with van der Waals surface area (Å²) in [5.41, 5.74) is 0.669. The Labute approximate surface area is 173 Å². The molecular weight excluding hydrogens is 470 g/mol. The van der Waals surface area contributed by atoms with Crippen LogP contribution in [0.3, 0.4) is 0 Å². The largest absolute Gasteiger partial charge is 0.508 e. The normalized spacial score (nSPS) is 12.9. The molecule has 2 aromatic carbocycles. The summed E-state index contributed by atoms with van der Waals surface area (Å²) in [5, 5.41) is 15.7. The second-order valence-electron chi connectivity index (χ2n) is 5.85. The van der Waals surface area contributed by atoms with Crippen molar-refractivity contribution in [2.45, 2.75) is 32.6 Å². The van der Waals surface area contributed by atoms with E-state index >= 15 is 0 Å². The summed E-state index contributed by atoms with van der Waals surface area (Å²) >= 11 is 0. The number of hydrogen-bond donors (Lipinski definition) is 3. The molecule has 3 N–H and O–H groups in total. The van der Waals surface area contributed by atoms with E-state index in [-0.39, 0.29) is 35.8 Å². The lowest BCUT2D eigenvalue weighted by atomic mass is 10.1. The lowest BCUT2D eigenvalue weighted by Gasteiger charge is -2.19. The fraction of sp³-hybridized carbons (Fsp3) is 0.316.